The van der Waals surface area contributed by atoms with Gasteiger partial charge in [-0.2, -0.15) is 0 Å². The molecule has 0 aliphatic carbocycles. The minimum atomic E-state index is -0.204. The Hall–Kier alpha value is -1.54. The number of rotatable bonds is 7. The van der Waals surface area contributed by atoms with Crippen molar-refractivity contribution < 1.29 is 51.8 Å². The van der Waals surface area contributed by atoms with Crippen LogP contribution in [0.15, 0.2) is 30.3 Å². The summed E-state index contributed by atoms with van der Waals surface area (Å²) in [4.78, 5) is 44.0. The number of hydrogen-bond acceptors (Lipinski definition) is 5. The van der Waals surface area contributed by atoms with Crippen molar-refractivity contribution in [3.8, 4) is 0 Å². The predicted octanol–water partition coefficient (Wildman–Crippen LogP) is 2.03. The first-order valence-corrected chi connectivity index (χ1v) is 9.89. The number of amides is 3. The number of carbonyl (C=O) groups excluding carboxylic acids is 3. The summed E-state index contributed by atoms with van der Waals surface area (Å²) in [6, 6.07) is 0. The molecule has 0 saturated carbocycles. The van der Waals surface area contributed by atoms with Crippen LogP contribution in [0.4, 0.5) is 0 Å². The number of hydrogen-bond donors (Lipinski definition) is 0. The second-order valence-corrected chi connectivity index (χ2v) is 7.31. The van der Waals surface area contributed by atoms with E-state index in [1.165, 1.54) is 0 Å². The number of likely N-dealkylation sites (tertiary alicyclic amines) is 2. The van der Waals surface area contributed by atoms with Crippen LogP contribution in [0.25, 0.3) is 0 Å². The fourth-order valence-electron chi connectivity index (χ4n) is 3.56. The van der Waals surface area contributed by atoms with Gasteiger partial charge in [-0.25, -0.2) is 0 Å². The summed E-state index contributed by atoms with van der Waals surface area (Å²) in [5.74, 6) is 0.947. The maximum atomic E-state index is 11.8. The molecule has 0 spiro atoms. The average Bonchev–Trinajstić information content (AvgIpc) is 3.44. The summed E-state index contributed by atoms with van der Waals surface area (Å²) in [6.45, 7) is 15.1. The molecule has 179 valence electrons. The van der Waals surface area contributed by atoms with Crippen LogP contribution in [-0.4, -0.2) is 91.2 Å². The second-order valence-electron chi connectivity index (χ2n) is 7.31. The van der Waals surface area contributed by atoms with E-state index < -0.39 is 0 Å². The van der Waals surface area contributed by atoms with Crippen LogP contribution in [0.5, 0.6) is 0 Å². The van der Waals surface area contributed by atoms with Gasteiger partial charge in [0.05, 0.1) is 18.4 Å². The van der Waals surface area contributed by atoms with E-state index in [-0.39, 0.29) is 77.1 Å². The van der Waals surface area contributed by atoms with Crippen molar-refractivity contribution in [1.82, 2.24) is 14.7 Å². The van der Waals surface area contributed by atoms with Crippen LogP contribution >= 0.6 is 0 Å². The van der Waals surface area contributed by atoms with Gasteiger partial charge in [0.25, 0.3) is 0 Å². The van der Waals surface area contributed by atoms with Crippen molar-refractivity contribution in [1.29, 1.82) is 0 Å². The van der Waals surface area contributed by atoms with Gasteiger partial charge in [-0.15, -0.1) is 19.7 Å². The summed E-state index contributed by atoms with van der Waals surface area (Å²) in [5, 5.41) is 0. The minimum Gasteiger partial charge on any atom is -0.479 e. The summed E-state index contributed by atoms with van der Waals surface area (Å²) < 4.78 is 5.36. The predicted molar refractivity (Wildman–Crippen MR) is 124 cm³/mol. The second kappa shape index (κ2) is 16.1. The van der Waals surface area contributed by atoms with E-state index in [1.54, 1.807) is 33.9 Å². The number of ether oxygens (including phenoxy) is 1. The Labute approximate surface area is 219 Å². The molecule has 0 aromatic heterocycles. The van der Waals surface area contributed by atoms with E-state index in [0.29, 0.717) is 45.6 Å². The van der Waals surface area contributed by atoms with Crippen LogP contribution < -0.4 is 0 Å². The fraction of sp³-hybridized carbons (Fsp3) is 0.609. The third kappa shape index (κ3) is 8.77. The largest absolute Gasteiger partial charge is 0.479 e. The Balaban J connectivity index is 0. The van der Waals surface area contributed by atoms with E-state index in [9.17, 15) is 14.4 Å². The Kier molecular flexibility index (Phi) is 16.5. The third-order valence-electron chi connectivity index (χ3n) is 5.15. The first-order chi connectivity index (χ1) is 13.9. The Morgan fingerprint density at radius 2 is 1.72 bits per heavy atom. The molecule has 0 aromatic carbocycles. The number of carbonyl (C=O) groups is 3. The summed E-state index contributed by atoms with van der Waals surface area (Å²) in [6.07, 6.45) is 4.27. The van der Waals surface area contributed by atoms with Crippen molar-refractivity contribution >= 4 is 23.6 Å². The van der Waals surface area contributed by atoms with E-state index >= 15 is 0 Å². The molecule has 8 nitrogen and oxygen atoms in total. The quantitative estimate of drug-likeness (QED) is 0.377. The Morgan fingerprint density at radius 3 is 2.22 bits per heavy atom. The molecular formula is C23H39N4O4Y-. The monoisotopic (exact) mass is 524 g/mol. The first-order valence-electron chi connectivity index (χ1n) is 9.89. The summed E-state index contributed by atoms with van der Waals surface area (Å²) in [7, 11) is 1.70. The molecule has 3 aliphatic rings. The molecule has 3 heterocycles. The molecule has 2 saturated heterocycles. The van der Waals surface area contributed by atoms with Crippen molar-refractivity contribution in [2.75, 3.05) is 52.9 Å². The van der Waals surface area contributed by atoms with Crippen molar-refractivity contribution in [2.24, 2.45) is 16.8 Å². The zero-order valence-electron chi connectivity index (χ0n) is 17.8. The van der Waals surface area contributed by atoms with Gasteiger partial charge in [-0.1, -0.05) is 27.0 Å². The zero-order valence-corrected chi connectivity index (χ0v) is 20.6. The van der Waals surface area contributed by atoms with E-state index in [4.69, 9.17) is 4.74 Å². The van der Waals surface area contributed by atoms with Gasteiger partial charge in [0, 0.05) is 78.8 Å². The maximum absolute atomic E-state index is 11.8. The summed E-state index contributed by atoms with van der Waals surface area (Å²) in [5.41, 5.74) is 0. The molecule has 0 N–H and O–H groups in total. The smallest absolute Gasteiger partial charge is 0.225 e. The van der Waals surface area contributed by atoms with Gasteiger partial charge in [0.1, 0.15) is 6.61 Å². The Morgan fingerprint density at radius 1 is 1.16 bits per heavy atom. The number of aliphatic imine (C=N–C) groups is 1. The van der Waals surface area contributed by atoms with Crippen molar-refractivity contribution in [3.63, 3.8) is 0 Å². The molecule has 0 aromatic rings. The molecule has 3 aliphatic heterocycles. The molecule has 0 bridgehead atoms. The topological polar surface area (TPSA) is 82.5 Å². The molecule has 2 fully saturated rings. The van der Waals surface area contributed by atoms with Gasteiger partial charge >= 0.3 is 0 Å². The SMILES string of the molecule is C.C.C=CCN1CC(C(=O)N(C)C[CH2-])CC1=O.C=CCN1CC(C2=NCCO2)CC1=O.[Y]. The normalized spacial score (nSPS) is 21.1. The van der Waals surface area contributed by atoms with Gasteiger partial charge in [-0.3, -0.25) is 19.4 Å². The zero-order chi connectivity index (χ0) is 21.4. The van der Waals surface area contributed by atoms with Gasteiger partial charge in [0.2, 0.25) is 17.7 Å². The first kappa shape index (κ1) is 32.6. The van der Waals surface area contributed by atoms with Crippen LogP contribution in [0.3, 0.4) is 0 Å². The average molecular weight is 524 g/mol. The standard InChI is InChI=1S/C11H17N2O2.C10H14N2O2.2CH4.Y/c1-4-6-13-8-9(7-10(13)14)11(15)12(3)5-2;1-2-4-12-7-8(6-9(12)13)10-11-3-5-14-10;;;/h4,9H,1-2,5-8H2,3H3;2,8H,1,3-7H2;2*1H4;/q-1;;;;. The molecule has 2 atom stereocenters. The third-order valence-corrected chi connectivity index (χ3v) is 5.15. The van der Waals surface area contributed by atoms with Crippen LogP contribution in [0, 0.1) is 18.8 Å². The van der Waals surface area contributed by atoms with Crippen molar-refractivity contribution in [2.45, 2.75) is 27.7 Å². The molecule has 1 radical (unpaired) electrons. The molecule has 3 rings (SSSR count). The minimum absolute atomic E-state index is 0. The summed E-state index contributed by atoms with van der Waals surface area (Å²) >= 11 is 0. The van der Waals surface area contributed by atoms with Crippen LogP contribution in [0.2, 0.25) is 0 Å². The van der Waals surface area contributed by atoms with E-state index in [2.05, 4.69) is 25.1 Å². The molecule has 2 unspecified atom stereocenters. The molecular weight excluding hydrogens is 485 g/mol. The fourth-order valence-corrected chi connectivity index (χ4v) is 3.56. The van der Waals surface area contributed by atoms with E-state index in [1.807, 2.05) is 0 Å². The molecule has 3 amide bonds. The van der Waals surface area contributed by atoms with Gasteiger partial charge in [-0.05, 0) is 0 Å². The maximum Gasteiger partial charge on any atom is 0.225 e. The van der Waals surface area contributed by atoms with Gasteiger partial charge in [0.15, 0.2) is 5.90 Å². The Bertz CT molecular complexity index is 683. The molecule has 32 heavy (non-hydrogen) atoms. The van der Waals surface area contributed by atoms with Crippen molar-refractivity contribution in [3.05, 3.63) is 32.2 Å². The van der Waals surface area contributed by atoms with Crippen LogP contribution in [0.1, 0.15) is 27.7 Å². The van der Waals surface area contributed by atoms with Gasteiger partial charge < -0.3 is 26.4 Å². The molecule has 9 heteroatoms. The van der Waals surface area contributed by atoms with Crippen LogP contribution in [-0.2, 0) is 51.8 Å². The van der Waals surface area contributed by atoms with E-state index in [0.717, 1.165) is 19.0 Å². The number of nitrogens with zero attached hydrogens (tertiary/aromatic N) is 4.